The van der Waals surface area contributed by atoms with Crippen molar-refractivity contribution in [2.75, 3.05) is 26.2 Å². The average Bonchev–Trinajstić information content (AvgIpc) is 2.30. The molecule has 1 saturated heterocycles. The molecule has 0 saturated carbocycles. The molecule has 3 nitrogen and oxygen atoms in total. The van der Waals surface area contributed by atoms with Crippen molar-refractivity contribution >= 4 is 0 Å². The molecule has 3 heteroatoms. The summed E-state index contributed by atoms with van der Waals surface area (Å²) in [6.45, 7) is 10.4. The number of nitrogens with zero attached hydrogens (tertiary/aromatic N) is 1. The fraction of sp³-hybridized carbons (Fsp3) is 1.00. The maximum atomic E-state index is 5.96. The lowest BCUT2D eigenvalue weighted by molar-refractivity contribution is -0.0303. The standard InChI is InChI=1S/C13H28N2O/c1-4-8-13(3,11-14)15-9-6-7-12(10-15)16-5-2/h12H,4-11,14H2,1-3H3. The van der Waals surface area contributed by atoms with Gasteiger partial charge < -0.3 is 10.5 Å². The maximum absolute atomic E-state index is 5.96. The number of likely N-dealkylation sites (tertiary alicyclic amines) is 1. The molecule has 1 aliphatic rings. The van der Waals surface area contributed by atoms with E-state index in [4.69, 9.17) is 10.5 Å². The zero-order valence-electron chi connectivity index (χ0n) is 11.2. The van der Waals surface area contributed by atoms with E-state index in [2.05, 4.69) is 25.7 Å². The van der Waals surface area contributed by atoms with Gasteiger partial charge in [0.2, 0.25) is 0 Å². The zero-order valence-corrected chi connectivity index (χ0v) is 11.2. The second-order valence-electron chi connectivity index (χ2n) is 5.12. The highest BCUT2D eigenvalue weighted by Gasteiger charge is 2.33. The van der Waals surface area contributed by atoms with Gasteiger partial charge in [-0.25, -0.2) is 0 Å². The minimum Gasteiger partial charge on any atom is -0.377 e. The van der Waals surface area contributed by atoms with Crippen molar-refractivity contribution in [2.24, 2.45) is 5.73 Å². The van der Waals surface area contributed by atoms with E-state index in [0.29, 0.717) is 6.10 Å². The summed E-state index contributed by atoms with van der Waals surface area (Å²) < 4.78 is 5.75. The van der Waals surface area contributed by atoms with Crippen molar-refractivity contribution in [2.45, 2.75) is 58.1 Å². The van der Waals surface area contributed by atoms with Crippen molar-refractivity contribution in [3.63, 3.8) is 0 Å². The van der Waals surface area contributed by atoms with Crippen LogP contribution in [0.1, 0.15) is 46.5 Å². The molecule has 0 amide bonds. The highest BCUT2D eigenvalue weighted by molar-refractivity contribution is 4.90. The van der Waals surface area contributed by atoms with E-state index >= 15 is 0 Å². The average molecular weight is 228 g/mol. The SMILES string of the molecule is CCCC(C)(CN)N1CCCC(OCC)C1. The van der Waals surface area contributed by atoms with Crippen LogP contribution >= 0.6 is 0 Å². The Kier molecular flexibility index (Phi) is 5.73. The summed E-state index contributed by atoms with van der Waals surface area (Å²) in [5, 5.41) is 0. The van der Waals surface area contributed by atoms with Crippen LogP contribution in [0, 0.1) is 0 Å². The molecule has 0 aromatic heterocycles. The molecular formula is C13H28N2O. The summed E-state index contributed by atoms with van der Waals surface area (Å²) >= 11 is 0. The van der Waals surface area contributed by atoms with Crippen molar-refractivity contribution in [1.29, 1.82) is 0 Å². The van der Waals surface area contributed by atoms with Crippen LogP contribution in [0.5, 0.6) is 0 Å². The lowest BCUT2D eigenvalue weighted by atomic mass is 9.91. The van der Waals surface area contributed by atoms with Gasteiger partial charge in [0.15, 0.2) is 0 Å². The van der Waals surface area contributed by atoms with E-state index in [-0.39, 0.29) is 5.54 Å². The minimum atomic E-state index is 0.171. The van der Waals surface area contributed by atoms with Crippen LogP contribution < -0.4 is 5.73 Å². The van der Waals surface area contributed by atoms with E-state index in [1.54, 1.807) is 0 Å². The number of ether oxygens (including phenoxy) is 1. The molecular weight excluding hydrogens is 200 g/mol. The smallest absolute Gasteiger partial charge is 0.0702 e. The first-order valence-corrected chi connectivity index (χ1v) is 6.73. The third kappa shape index (κ3) is 3.44. The third-order valence-electron chi connectivity index (χ3n) is 3.77. The summed E-state index contributed by atoms with van der Waals surface area (Å²) in [4.78, 5) is 2.54. The number of piperidine rings is 1. The molecule has 1 aliphatic heterocycles. The van der Waals surface area contributed by atoms with Crippen LogP contribution in [-0.4, -0.2) is 42.8 Å². The van der Waals surface area contributed by atoms with Gasteiger partial charge in [-0.3, -0.25) is 4.90 Å². The highest BCUT2D eigenvalue weighted by Crippen LogP contribution is 2.25. The lowest BCUT2D eigenvalue weighted by Gasteiger charge is -2.45. The molecule has 1 rings (SSSR count). The largest absolute Gasteiger partial charge is 0.377 e. The molecule has 2 N–H and O–H groups in total. The van der Waals surface area contributed by atoms with E-state index in [9.17, 15) is 0 Å². The number of rotatable bonds is 6. The van der Waals surface area contributed by atoms with Crippen molar-refractivity contribution in [3.8, 4) is 0 Å². The van der Waals surface area contributed by atoms with Gasteiger partial charge in [0.1, 0.15) is 0 Å². The minimum absolute atomic E-state index is 0.171. The monoisotopic (exact) mass is 228 g/mol. The second kappa shape index (κ2) is 6.58. The maximum Gasteiger partial charge on any atom is 0.0702 e. The lowest BCUT2D eigenvalue weighted by Crippen LogP contribution is -2.56. The second-order valence-corrected chi connectivity index (χ2v) is 5.12. The van der Waals surface area contributed by atoms with Gasteiger partial charge in [-0.15, -0.1) is 0 Å². The first-order valence-electron chi connectivity index (χ1n) is 6.73. The van der Waals surface area contributed by atoms with E-state index < -0.39 is 0 Å². The molecule has 0 aromatic rings. The van der Waals surface area contributed by atoms with Crippen LogP contribution in [0.4, 0.5) is 0 Å². The highest BCUT2D eigenvalue weighted by atomic mass is 16.5. The van der Waals surface area contributed by atoms with Gasteiger partial charge in [0.25, 0.3) is 0 Å². The Balaban J connectivity index is 2.56. The normalized spacial score (nSPS) is 26.6. The number of nitrogens with two attached hydrogens (primary N) is 1. The molecule has 0 radical (unpaired) electrons. The van der Waals surface area contributed by atoms with Crippen LogP contribution in [0.2, 0.25) is 0 Å². The predicted molar refractivity (Wildman–Crippen MR) is 68.6 cm³/mol. The quantitative estimate of drug-likeness (QED) is 0.756. The van der Waals surface area contributed by atoms with Gasteiger partial charge >= 0.3 is 0 Å². The summed E-state index contributed by atoms with van der Waals surface area (Å²) in [6, 6.07) is 0. The van der Waals surface area contributed by atoms with E-state index in [0.717, 1.165) is 19.7 Å². The van der Waals surface area contributed by atoms with Crippen LogP contribution in [0.3, 0.4) is 0 Å². The van der Waals surface area contributed by atoms with Crippen molar-refractivity contribution < 1.29 is 4.74 Å². The van der Waals surface area contributed by atoms with Gasteiger partial charge in [-0.2, -0.15) is 0 Å². The molecule has 2 unspecified atom stereocenters. The summed E-state index contributed by atoms with van der Waals surface area (Å²) in [7, 11) is 0. The first-order chi connectivity index (χ1) is 7.66. The van der Waals surface area contributed by atoms with Crippen LogP contribution in [0.25, 0.3) is 0 Å². The Morgan fingerprint density at radius 3 is 2.75 bits per heavy atom. The molecule has 1 heterocycles. The Morgan fingerprint density at radius 1 is 1.44 bits per heavy atom. The van der Waals surface area contributed by atoms with E-state index in [1.807, 2.05) is 0 Å². The summed E-state index contributed by atoms with van der Waals surface area (Å²) in [5.41, 5.74) is 6.13. The van der Waals surface area contributed by atoms with Crippen molar-refractivity contribution in [1.82, 2.24) is 4.90 Å². The topological polar surface area (TPSA) is 38.5 Å². The Morgan fingerprint density at radius 2 is 2.19 bits per heavy atom. The Labute approximate surface area is 100 Å². The van der Waals surface area contributed by atoms with Gasteiger partial charge in [-0.1, -0.05) is 13.3 Å². The van der Waals surface area contributed by atoms with E-state index in [1.165, 1.54) is 32.2 Å². The van der Waals surface area contributed by atoms with Gasteiger partial charge in [0.05, 0.1) is 6.10 Å². The van der Waals surface area contributed by atoms with Gasteiger partial charge in [0, 0.05) is 25.2 Å². The zero-order chi connectivity index (χ0) is 12.0. The third-order valence-corrected chi connectivity index (χ3v) is 3.77. The fourth-order valence-electron chi connectivity index (χ4n) is 2.73. The molecule has 0 aliphatic carbocycles. The first kappa shape index (κ1) is 13.9. The fourth-order valence-corrected chi connectivity index (χ4v) is 2.73. The van der Waals surface area contributed by atoms with Crippen molar-refractivity contribution in [3.05, 3.63) is 0 Å². The molecule has 2 atom stereocenters. The number of hydrogen-bond acceptors (Lipinski definition) is 3. The Hall–Kier alpha value is -0.120. The van der Waals surface area contributed by atoms with Gasteiger partial charge in [-0.05, 0) is 39.7 Å². The molecule has 0 bridgehead atoms. The summed E-state index contributed by atoms with van der Waals surface area (Å²) in [6.07, 6.45) is 5.24. The Bertz CT molecular complexity index is 196. The number of hydrogen-bond donors (Lipinski definition) is 1. The molecule has 1 fully saturated rings. The van der Waals surface area contributed by atoms with Crippen LogP contribution in [-0.2, 0) is 4.74 Å². The molecule has 96 valence electrons. The summed E-state index contributed by atoms with van der Waals surface area (Å²) in [5.74, 6) is 0. The molecule has 0 aromatic carbocycles. The molecule has 0 spiro atoms. The van der Waals surface area contributed by atoms with Crippen LogP contribution in [0.15, 0.2) is 0 Å². The predicted octanol–water partition coefficient (Wildman–Crippen LogP) is 2.00. The molecule has 16 heavy (non-hydrogen) atoms.